The molecule has 0 aliphatic rings. The van der Waals surface area contributed by atoms with E-state index in [9.17, 15) is 9.90 Å². The summed E-state index contributed by atoms with van der Waals surface area (Å²) in [5, 5.41) is 12.6. The normalized spacial score (nSPS) is 13.9. The Bertz CT molecular complexity index is 469. The van der Waals surface area contributed by atoms with Crippen LogP contribution >= 0.6 is 0 Å². The second-order valence-electron chi connectivity index (χ2n) is 5.95. The summed E-state index contributed by atoms with van der Waals surface area (Å²) in [6, 6.07) is 5.60. The van der Waals surface area contributed by atoms with Gasteiger partial charge in [-0.15, -0.1) is 0 Å². The molecule has 0 aliphatic heterocycles. The summed E-state index contributed by atoms with van der Waals surface area (Å²) in [6.07, 6.45) is -0.268. The second-order valence-corrected chi connectivity index (χ2v) is 5.95. The Balaban J connectivity index is 2.67. The third-order valence-electron chi connectivity index (χ3n) is 3.31. The topological polar surface area (TPSA) is 58.6 Å². The predicted molar refractivity (Wildman–Crippen MR) is 84.4 cm³/mol. The van der Waals surface area contributed by atoms with Gasteiger partial charge in [0.25, 0.3) is 5.91 Å². The van der Waals surface area contributed by atoms with Crippen LogP contribution in [0.2, 0.25) is 0 Å². The quantitative estimate of drug-likeness (QED) is 0.812. The molecule has 4 heteroatoms. The third-order valence-corrected chi connectivity index (χ3v) is 3.31. The van der Waals surface area contributed by atoms with E-state index in [0.717, 1.165) is 12.0 Å². The zero-order chi connectivity index (χ0) is 16.0. The highest BCUT2D eigenvalue weighted by molar-refractivity contribution is 5.80. The maximum atomic E-state index is 12.0. The molecule has 1 rings (SSSR count). The van der Waals surface area contributed by atoms with Crippen molar-refractivity contribution in [3.05, 3.63) is 29.3 Å². The van der Waals surface area contributed by atoms with Gasteiger partial charge in [0, 0.05) is 12.1 Å². The van der Waals surface area contributed by atoms with Crippen LogP contribution in [0.4, 0.5) is 0 Å². The molecule has 21 heavy (non-hydrogen) atoms. The van der Waals surface area contributed by atoms with Crippen molar-refractivity contribution in [2.75, 3.05) is 6.54 Å². The van der Waals surface area contributed by atoms with Gasteiger partial charge in [-0.2, -0.15) is 0 Å². The van der Waals surface area contributed by atoms with Gasteiger partial charge in [0.2, 0.25) is 0 Å². The first-order valence-electron chi connectivity index (χ1n) is 7.54. The molecule has 118 valence electrons. The van der Waals surface area contributed by atoms with Crippen molar-refractivity contribution in [3.63, 3.8) is 0 Å². The number of nitrogens with one attached hydrogen (secondary N) is 1. The first-order valence-corrected chi connectivity index (χ1v) is 7.54. The number of hydrogen-bond acceptors (Lipinski definition) is 3. The van der Waals surface area contributed by atoms with Crippen LogP contribution in [0.3, 0.4) is 0 Å². The molecule has 2 N–H and O–H groups in total. The lowest BCUT2D eigenvalue weighted by atomic mass is 10.1. The maximum Gasteiger partial charge on any atom is 0.260 e. The van der Waals surface area contributed by atoms with Crippen LogP contribution in [-0.2, 0) is 4.79 Å². The lowest BCUT2D eigenvalue weighted by Gasteiger charge is -2.19. The summed E-state index contributed by atoms with van der Waals surface area (Å²) in [4.78, 5) is 12.0. The van der Waals surface area contributed by atoms with Crippen LogP contribution in [0.25, 0.3) is 0 Å². The summed E-state index contributed by atoms with van der Waals surface area (Å²) < 4.78 is 5.73. The molecule has 2 atom stereocenters. The molecule has 0 radical (unpaired) electrons. The van der Waals surface area contributed by atoms with Crippen LogP contribution < -0.4 is 10.1 Å². The Kier molecular flexibility index (Phi) is 6.69. The molecule has 0 heterocycles. The average Bonchev–Trinajstić information content (AvgIpc) is 2.37. The zero-order valence-corrected chi connectivity index (χ0v) is 13.6. The van der Waals surface area contributed by atoms with Gasteiger partial charge in [-0.25, -0.2) is 0 Å². The Labute approximate surface area is 127 Å². The Morgan fingerprint density at radius 1 is 1.29 bits per heavy atom. The summed E-state index contributed by atoms with van der Waals surface area (Å²) >= 11 is 0. The number of ether oxygens (including phenoxy) is 1. The lowest BCUT2D eigenvalue weighted by molar-refractivity contribution is -0.127. The van der Waals surface area contributed by atoms with E-state index in [4.69, 9.17) is 4.74 Å². The van der Waals surface area contributed by atoms with Gasteiger partial charge in [-0.1, -0.05) is 26.0 Å². The fourth-order valence-electron chi connectivity index (χ4n) is 1.96. The van der Waals surface area contributed by atoms with Gasteiger partial charge < -0.3 is 15.2 Å². The Morgan fingerprint density at radius 3 is 2.52 bits per heavy atom. The van der Waals surface area contributed by atoms with E-state index in [1.165, 1.54) is 0 Å². The SMILES string of the molecule is Cc1ccc(C(C)O)c(OC(C)C(=O)NCCC(C)C)c1. The smallest absolute Gasteiger partial charge is 0.260 e. The molecular formula is C17H27NO3. The van der Waals surface area contributed by atoms with E-state index < -0.39 is 12.2 Å². The highest BCUT2D eigenvalue weighted by atomic mass is 16.5. The third kappa shape index (κ3) is 5.76. The van der Waals surface area contributed by atoms with Crippen LogP contribution in [0, 0.1) is 12.8 Å². The number of aliphatic hydroxyl groups excluding tert-OH is 1. The van der Waals surface area contributed by atoms with Crippen molar-refractivity contribution in [2.45, 2.75) is 53.2 Å². The van der Waals surface area contributed by atoms with E-state index in [2.05, 4.69) is 19.2 Å². The first kappa shape index (κ1) is 17.5. The van der Waals surface area contributed by atoms with Gasteiger partial charge in [0.1, 0.15) is 5.75 Å². The van der Waals surface area contributed by atoms with E-state index >= 15 is 0 Å². The molecule has 1 aromatic carbocycles. The molecule has 0 saturated carbocycles. The maximum absolute atomic E-state index is 12.0. The van der Waals surface area contributed by atoms with Crippen molar-refractivity contribution in [2.24, 2.45) is 5.92 Å². The Morgan fingerprint density at radius 2 is 1.95 bits per heavy atom. The number of hydrogen-bond donors (Lipinski definition) is 2. The number of rotatable bonds is 7. The number of carbonyl (C=O) groups is 1. The summed E-state index contributed by atoms with van der Waals surface area (Å²) in [5.74, 6) is 0.991. The molecule has 4 nitrogen and oxygen atoms in total. The van der Waals surface area contributed by atoms with Gasteiger partial charge in [0.05, 0.1) is 6.10 Å². The van der Waals surface area contributed by atoms with E-state index in [-0.39, 0.29) is 5.91 Å². The number of carbonyl (C=O) groups excluding carboxylic acids is 1. The minimum atomic E-state index is -0.628. The van der Waals surface area contributed by atoms with Crippen LogP contribution in [0.1, 0.15) is 51.3 Å². The molecule has 0 saturated heterocycles. The fraction of sp³-hybridized carbons (Fsp3) is 0.588. The molecule has 0 aromatic heterocycles. The zero-order valence-electron chi connectivity index (χ0n) is 13.6. The van der Waals surface area contributed by atoms with Crippen molar-refractivity contribution < 1.29 is 14.6 Å². The minimum Gasteiger partial charge on any atom is -0.481 e. The molecule has 1 amide bonds. The standard InChI is InChI=1S/C17H27NO3/c1-11(2)8-9-18-17(20)14(5)21-16-10-12(3)6-7-15(16)13(4)19/h6-7,10-11,13-14,19H,8-9H2,1-5H3,(H,18,20). The van der Waals surface area contributed by atoms with Crippen LogP contribution in [-0.4, -0.2) is 23.7 Å². The van der Waals surface area contributed by atoms with Gasteiger partial charge in [0.15, 0.2) is 6.10 Å². The van der Waals surface area contributed by atoms with Crippen molar-refractivity contribution in [1.82, 2.24) is 5.32 Å². The largest absolute Gasteiger partial charge is 0.481 e. The highest BCUT2D eigenvalue weighted by Crippen LogP contribution is 2.27. The highest BCUT2D eigenvalue weighted by Gasteiger charge is 2.17. The minimum absolute atomic E-state index is 0.131. The summed E-state index contributed by atoms with van der Waals surface area (Å²) in [6.45, 7) is 10.2. The monoisotopic (exact) mass is 293 g/mol. The first-order chi connectivity index (χ1) is 9.81. The molecular weight excluding hydrogens is 266 g/mol. The molecule has 2 unspecified atom stereocenters. The number of amides is 1. The average molecular weight is 293 g/mol. The van der Waals surface area contributed by atoms with Crippen molar-refractivity contribution in [3.8, 4) is 5.75 Å². The molecule has 0 bridgehead atoms. The Hall–Kier alpha value is -1.55. The number of aryl methyl sites for hydroxylation is 1. The van der Waals surface area contributed by atoms with Crippen LogP contribution in [0.5, 0.6) is 5.75 Å². The number of aliphatic hydroxyl groups is 1. The molecule has 1 aromatic rings. The fourth-order valence-corrected chi connectivity index (χ4v) is 1.96. The molecule has 0 spiro atoms. The summed E-state index contributed by atoms with van der Waals surface area (Å²) in [5.41, 5.74) is 1.73. The molecule has 0 fully saturated rings. The van der Waals surface area contributed by atoms with Crippen LogP contribution in [0.15, 0.2) is 18.2 Å². The van der Waals surface area contributed by atoms with E-state index in [1.54, 1.807) is 13.8 Å². The second kappa shape index (κ2) is 8.03. The predicted octanol–water partition coefficient (Wildman–Crippen LogP) is 2.98. The van der Waals surface area contributed by atoms with E-state index in [1.807, 2.05) is 25.1 Å². The molecule has 0 aliphatic carbocycles. The van der Waals surface area contributed by atoms with E-state index in [0.29, 0.717) is 23.8 Å². The van der Waals surface area contributed by atoms with Crippen molar-refractivity contribution >= 4 is 5.91 Å². The van der Waals surface area contributed by atoms with Crippen molar-refractivity contribution in [1.29, 1.82) is 0 Å². The lowest BCUT2D eigenvalue weighted by Crippen LogP contribution is -2.37. The summed E-state index contributed by atoms with van der Waals surface area (Å²) in [7, 11) is 0. The van der Waals surface area contributed by atoms with Gasteiger partial charge in [-0.05, 0) is 44.7 Å². The number of benzene rings is 1. The van der Waals surface area contributed by atoms with Gasteiger partial charge in [-0.3, -0.25) is 4.79 Å². The van der Waals surface area contributed by atoms with Gasteiger partial charge >= 0.3 is 0 Å².